The summed E-state index contributed by atoms with van der Waals surface area (Å²) in [6.07, 6.45) is 3.84. The van der Waals surface area contributed by atoms with Gasteiger partial charge < -0.3 is 9.64 Å². The lowest BCUT2D eigenvalue weighted by Gasteiger charge is -2.31. The zero-order chi connectivity index (χ0) is 23.5. The Morgan fingerprint density at radius 3 is 2.36 bits per heavy atom. The molecule has 33 heavy (non-hydrogen) atoms. The Morgan fingerprint density at radius 1 is 1.00 bits per heavy atom. The summed E-state index contributed by atoms with van der Waals surface area (Å²) < 4.78 is 5.26. The first-order valence-electron chi connectivity index (χ1n) is 11.6. The predicted molar refractivity (Wildman–Crippen MR) is 126 cm³/mol. The molecule has 2 aliphatic heterocycles. The van der Waals surface area contributed by atoms with Crippen molar-refractivity contribution in [2.45, 2.75) is 51.6 Å². The fourth-order valence-corrected chi connectivity index (χ4v) is 4.72. The van der Waals surface area contributed by atoms with E-state index >= 15 is 0 Å². The van der Waals surface area contributed by atoms with E-state index in [0.29, 0.717) is 12.2 Å². The van der Waals surface area contributed by atoms with Crippen LogP contribution in [0.25, 0.3) is 0 Å². The molecule has 2 atom stereocenters. The molecule has 0 aromatic heterocycles. The molecule has 0 aliphatic carbocycles. The van der Waals surface area contributed by atoms with Crippen LogP contribution in [0.3, 0.4) is 0 Å². The van der Waals surface area contributed by atoms with E-state index < -0.39 is 12.1 Å². The van der Waals surface area contributed by atoms with E-state index in [1.165, 1.54) is 4.90 Å². The standard InChI is InChI=1S/C26H31N3O4/c1-18-8-12-21(13-9-18)29-19(2)25(31)28(26(29)32)17-24(30)27-16-6-4-5-7-23(27)20-10-14-22(33-3)15-11-20/h8-15,19,23H,4-7,16-17H2,1-3H3/t19-,23-/m0/s1. The minimum Gasteiger partial charge on any atom is -0.497 e. The van der Waals surface area contributed by atoms with Crippen LogP contribution >= 0.6 is 0 Å². The molecule has 0 bridgehead atoms. The molecule has 2 saturated heterocycles. The van der Waals surface area contributed by atoms with Crippen molar-refractivity contribution in [1.29, 1.82) is 0 Å². The number of benzene rings is 2. The Hall–Kier alpha value is -3.35. The highest BCUT2D eigenvalue weighted by Gasteiger charge is 2.45. The third-order valence-electron chi connectivity index (χ3n) is 6.63. The number of rotatable bonds is 5. The van der Waals surface area contributed by atoms with Gasteiger partial charge in [0.05, 0.1) is 13.2 Å². The number of methoxy groups -OCH3 is 1. The van der Waals surface area contributed by atoms with E-state index in [1.54, 1.807) is 14.0 Å². The van der Waals surface area contributed by atoms with Crippen LogP contribution in [0.4, 0.5) is 10.5 Å². The third kappa shape index (κ3) is 4.58. The highest BCUT2D eigenvalue weighted by molar-refractivity contribution is 6.15. The normalized spacial score (nSPS) is 21.4. The van der Waals surface area contributed by atoms with E-state index in [9.17, 15) is 14.4 Å². The molecule has 2 fully saturated rings. The van der Waals surface area contributed by atoms with Gasteiger partial charge >= 0.3 is 6.03 Å². The molecule has 7 heteroatoms. The Bertz CT molecular complexity index is 1020. The lowest BCUT2D eigenvalue weighted by molar-refractivity contribution is -0.138. The summed E-state index contributed by atoms with van der Waals surface area (Å²) in [5.74, 6) is 0.228. The summed E-state index contributed by atoms with van der Waals surface area (Å²) in [7, 11) is 1.63. The first kappa shape index (κ1) is 22.8. The predicted octanol–water partition coefficient (Wildman–Crippen LogP) is 4.30. The van der Waals surface area contributed by atoms with Crippen molar-refractivity contribution in [3.8, 4) is 5.75 Å². The van der Waals surface area contributed by atoms with Gasteiger partial charge in [0.1, 0.15) is 18.3 Å². The number of hydrogen-bond donors (Lipinski definition) is 0. The lowest BCUT2D eigenvalue weighted by Crippen LogP contribution is -2.44. The van der Waals surface area contributed by atoms with Crippen LogP contribution in [0.2, 0.25) is 0 Å². The number of nitrogens with zero attached hydrogens (tertiary/aromatic N) is 3. The average molecular weight is 450 g/mol. The molecule has 7 nitrogen and oxygen atoms in total. The Labute approximate surface area is 194 Å². The first-order valence-corrected chi connectivity index (χ1v) is 11.6. The monoisotopic (exact) mass is 449 g/mol. The zero-order valence-electron chi connectivity index (χ0n) is 19.5. The summed E-state index contributed by atoms with van der Waals surface area (Å²) >= 11 is 0. The van der Waals surface area contributed by atoms with Gasteiger partial charge in [0.2, 0.25) is 5.91 Å². The smallest absolute Gasteiger partial charge is 0.332 e. The summed E-state index contributed by atoms with van der Waals surface area (Å²) in [4.78, 5) is 44.0. The Balaban J connectivity index is 1.54. The Morgan fingerprint density at radius 2 is 1.70 bits per heavy atom. The van der Waals surface area contributed by atoms with Gasteiger partial charge in [-0.15, -0.1) is 0 Å². The van der Waals surface area contributed by atoms with E-state index in [0.717, 1.165) is 47.5 Å². The summed E-state index contributed by atoms with van der Waals surface area (Å²) in [6.45, 7) is 4.05. The summed E-state index contributed by atoms with van der Waals surface area (Å²) in [5.41, 5.74) is 2.77. The van der Waals surface area contributed by atoms with E-state index in [2.05, 4.69) is 0 Å². The van der Waals surface area contributed by atoms with Crippen LogP contribution in [0.5, 0.6) is 5.75 Å². The second-order valence-corrected chi connectivity index (χ2v) is 8.81. The topological polar surface area (TPSA) is 70.2 Å². The van der Waals surface area contributed by atoms with E-state index in [1.807, 2.05) is 60.4 Å². The molecule has 174 valence electrons. The quantitative estimate of drug-likeness (QED) is 0.638. The SMILES string of the molecule is COc1ccc([C@@H]2CCCCCN2C(=O)CN2C(=O)[C@H](C)N(c3ccc(C)cc3)C2=O)cc1. The fraction of sp³-hybridized carbons (Fsp3) is 0.423. The molecule has 0 unspecified atom stereocenters. The lowest BCUT2D eigenvalue weighted by atomic mass is 10.0. The largest absolute Gasteiger partial charge is 0.497 e. The van der Waals surface area contributed by atoms with Crippen molar-refractivity contribution in [2.75, 3.05) is 25.1 Å². The molecule has 4 rings (SSSR count). The highest BCUT2D eigenvalue weighted by Crippen LogP contribution is 2.32. The molecule has 4 amide bonds. The van der Waals surface area contributed by atoms with Crippen molar-refractivity contribution >= 4 is 23.5 Å². The van der Waals surface area contributed by atoms with Crippen molar-refractivity contribution < 1.29 is 19.1 Å². The van der Waals surface area contributed by atoms with Crippen molar-refractivity contribution in [2.24, 2.45) is 0 Å². The van der Waals surface area contributed by atoms with Crippen LogP contribution in [-0.2, 0) is 9.59 Å². The molecular formula is C26H31N3O4. The van der Waals surface area contributed by atoms with Gasteiger partial charge in [0.25, 0.3) is 5.91 Å². The van der Waals surface area contributed by atoms with Crippen molar-refractivity contribution in [3.05, 3.63) is 59.7 Å². The van der Waals surface area contributed by atoms with Gasteiger partial charge in [-0.05, 0) is 56.5 Å². The molecule has 2 aromatic rings. The molecule has 2 aromatic carbocycles. The third-order valence-corrected chi connectivity index (χ3v) is 6.63. The molecule has 0 N–H and O–H groups in total. The minimum absolute atomic E-state index is 0.0793. The minimum atomic E-state index is -0.644. The maximum Gasteiger partial charge on any atom is 0.332 e. The van der Waals surface area contributed by atoms with Gasteiger partial charge in [-0.1, -0.05) is 42.7 Å². The molecule has 2 heterocycles. The van der Waals surface area contributed by atoms with Crippen LogP contribution in [0.15, 0.2) is 48.5 Å². The van der Waals surface area contributed by atoms with Crippen molar-refractivity contribution in [1.82, 2.24) is 9.80 Å². The number of ether oxygens (including phenoxy) is 1. The summed E-state index contributed by atoms with van der Waals surface area (Å²) in [6, 6.07) is 14.1. The van der Waals surface area contributed by atoms with Gasteiger partial charge in [-0.3, -0.25) is 19.4 Å². The highest BCUT2D eigenvalue weighted by atomic mass is 16.5. The van der Waals surface area contributed by atoms with Crippen LogP contribution in [-0.4, -0.2) is 53.9 Å². The number of likely N-dealkylation sites (tertiary alicyclic amines) is 1. The molecule has 0 spiro atoms. The molecule has 0 saturated carbocycles. The number of carbonyl (C=O) groups excluding carboxylic acids is 3. The number of amides is 4. The molecule has 0 radical (unpaired) electrons. The van der Waals surface area contributed by atoms with E-state index in [-0.39, 0.29) is 24.4 Å². The summed E-state index contributed by atoms with van der Waals surface area (Å²) in [5, 5.41) is 0. The number of hydrogen-bond acceptors (Lipinski definition) is 4. The van der Waals surface area contributed by atoms with Crippen LogP contribution in [0, 0.1) is 6.92 Å². The fourth-order valence-electron chi connectivity index (χ4n) is 4.72. The van der Waals surface area contributed by atoms with Crippen LogP contribution < -0.4 is 9.64 Å². The number of anilines is 1. The number of aryl methyl sites for hydroxylation is 1. The zero-order valence-corrected chi connectivity index (χ0v) is 19.5. The molecular weight excluding hydrogens is 418 g/mol. The van der Waals surface area contributed by atoms with E-state index in [4.69, 9.17) is 4.74 Å². The van der Waals surface area contributed by atoms with Gasteiger partial charge in [-0.2, -0.15) is 0 Å². The number of urea groups is 1. The first-order chi connectivity index (χ1) is 15.9. The molecule has 2 aliphatic rings. The van der Waals surface area contributed by atoms with Crippen molar-refractivity contribution in [3.63, 3.8) is 0 Å². The Kier molecular flexibility index (Phi) is 6.67. The van der Waals surface area contributed by atoms with Gasteiger partial charge in [0.15, 0.2) is 0 Å². The van der Waals surface area contributed by atoms with Gasteiger partial charge in [0, 0.05) is 12.2 Å². The number of carbonyl (C=O) groups is 3. The van der Waals surface area contributed by atoms with Gasteiger partial charge in [-0.25, -0.2) is 4.79 Å². The maximum atomic E-state index is 13.4. The van der Waals surface area contributed by atoms with Crippen LogP contribution in [0.1, 0.15) is 49.8 Å². The second kappa shape index (κ2) is 9.65. The number of imide groups is 1. The maximum absolute atomic E-state index is 13.4. The second-order valence-electron chi connectivity index (χ2n) is 8.81. The average Bonchev–Trinajstić information content (AvgIpc) is 3.00.